The summed E-state index contributed by atoms with van der Waals surface area (Å²) < 4.78 is 3.24. The summed E-state index contributed by atoms with van der Waals surface area (Å²) in [5.41, 5.74) is 1.09. The Balaban J connectivity index is 2.20. The van der Waals surface area contributed by atoms with Crippen LogP contribution in [0.3, 0.4) is 0 Å². The van der Waals surface area contributed by atoms with E-state index in [-0.39, 0.29) is 0 Å². The van der Waals surface area contributed by atoms with Crippen LogP contribution in [0.4, 0.5) is 5.69 Å². The van der Waals surface area contributed by atoms with Crippen molar-refractivity contribution in [2.24, 2.45) is 5.10 Å². The second kappa shape index (κ2) is 4.18. The predicted molar refractivity (Wildman–Crippen MR) is 67.0 cm³/mol. The van der Waals surface area contributed by atoms with Crippen LogP contribution < -0.4 is 8.62 Å². The molecule has 0 amide bonds. The summed E-state index contributed by atoms with van der Waals surface area (Å²) in [6, 6.07) is 18.3. The Morgan fingerprint density at radius 3 is 2.38 bits per heavy atom. The fraction of sp³-hybridized carbons (Fsp3) is 0. The minimum absolute atomic E-state index is 1.03. The molecule has 2 nitrogen and oxygen atoms in total. The SMILES string of the molecule is Cl[Te]1=c2ccccc2=NN1c1ccccc1. The number of benzene rings is 2. The van der Waals surface area contributed by atoms with Crippen LogP contribution in [-0.2, 0) is 0 Å². The van der Waals surface area contributed by atoms with Gasteiger partial charge in [0.25, 0.3) is 0 Å². The van der Waals surface area contributed by atoms with Gasteiger partial charge >= 0.3 is 104 Å². The fourth-order valence-electron chi connectivity index (χ4n) is 1.61. The third-order valence-electron chi connectivity index (χ3n) is 2.37. The molecule has 3 rings (SSSR count). The number of rotatable bonds is 1. The Labute approximate surface area is 104 Å². The zero-order valence-corrected chi connectivity index (χ0v) is 11.5. The van der Waals surface area contributed by atoms with Crippen molar-refractivity contribution in [3.63, 3.8) is 0 Å². The minimum atomic E-state index is -1.97. The first-order valence-electron chi connectivity index (χ1n) is 4.93. The van der Waals surface area contributed by atoms with Crippen molar-refractivity contribution in [1.29, 1.82) is 0 Å². The van der Waals surface area contributed by atoms with Crippen molar-refractivity contribution in [2.75, 3.05) is 3.26 Å². The quantitative estimate of drug-likeness (QED) is 0.725. The molecule has 0 N–H and O–H groups in total. The Hall–Kier alpha value is -0.880. The molecule has 1 heterocycles. The van der Waals surface area contributed by atoms with E-state index in [9.17, 15) is 0 Å². The number of para-hydroxylation sites is 1. The molecule has 0 radical (unpaired) electrons. The summed E-state index contributed by atoms with van der Waals surface area (Å²) in [7, 11) is 6.55. The number of halogens is 1. The normalized spacial score (nSPS) is 14.7. The number of anilines is 1. The Bertz CT molecular complexity index is 640. The van der Waals surface area contributed by atoms with Crippen molar-refractivity contribution >= 4 is 32.9 Å². The molecular formula is C12H9ClN2Te. The van der Waals surface area contributed by atoms with Gasteiger partial charge < -0.3 is 0 Å². The molecule has 0 saturated carbocycles. The summed E-state index contributed by atoms with van der Waals surface area (Å²) in [5.74, 6) is 0. The molecule has 0 aliphatic carbocycles. The number of hydrogen-bond donors (Lipinski definition) is 0. The Kier molecular flexibility index (Phi) is 2.69. The second-order valence-electron chi connectivity index (χ2n) is 3.41. The van der Waals surface area contributed by atoms with Crippen LogP contribution in [-0.4, -0.2) is 18.2 Å². The van der Waals surface area contributed by atoms with E-state index in [2.05, 4.69) is 11.2 Å². The van der Waals surface area contributed by atoms with Crippen molar-refractivity contribution in [3.05, 3.63) is 63.2 Å². The molecule has 0 spiro atoms. The van der Waals surface area contributed by atoms with E-state index in [0.717, 1.165) is 11.0 Å². The van der Waals surface area contributed by atoms with Crippen molar-refractivity contribution in [2.45, 2.75) is 0 Å². The Morgan fingerprint density at radius 1 is 0.938 bits per heavy atom. The van der Waals surface area contributed by atoms with Crippen molar-refractivity contribution in [3.8, 4) is 0 Å². The van der Waals surface area contributed by atoms with E-state index in [0.29, 0.717) is 0 Å². The molecule has 1 aliphatic rings. The molecule has 0 saturated heterocycles. The van der Waals surface area contributed by atoms with Gasteiger partial charge in [-0.05, 0) is 0 Å². The molecule has 0 fully saturated rings. The average molecular weight is 344 g/mol. The standard InChI is InChI=1S/C12H9ClN2Te/c13-16-12-9-5-4-8-11(12)14-15(16)10-6-2-1-3-7-10/h1-9H. The van der Waals surface area contributed by atoms with E-state index in [4.69, 9.17) is 8.96 Å². The first kappa shape index (κ1) is 10.3. The molecular weight excluding hydrogens is 335 g/mol. The second-order valence-corrected chi connectivity index (χ2v) is 8.97. The van der Waals surface area contributed by atoms with Gasteiger partial charge in [-0.15, -0.1) is 0 Å². The van der Waals surface area contributed by atoms with E-state index in [1.54, 1.807) is 0 Å². The van der Waals surface area contributed by atoms with Gasteiger partial charge in [-0.3, -0.25) is 0 Å². The third-order valence-corrected chi connectivity index (χ3v) is 8.09. The van der Waals surface area contributed by atoms with Gasteiger partial charge in [0.1, 0.15) is 0 Å². The summed E-state index contributed by atoms with van der Waals surface area (Å²) >= 11 is -1.97. The molecule has 1 aliphatic heterocycles. The van der Waals surface area contributed by atoms with Crippen molar-refractivity contribution < 1.29 is 0 Å². The number of hydrogen-bond acceptors (Lipinski definition) is 2. The first-order chi connectivity index (χ1) is 7.86. The molecule has 2 aromatic rings. The monoisotopic (exact) mass is 346 g/mol. The van der Waals surface area contributed by atoms with Crippen LogP contribution in [0.25, 0.3) is 0 Å². The molecule has 0 unspecified atom stereocenters. The zero-order chi connectivity index (χ0) is 11.0. The van der Waals surface area contributed by atoms with Crippen LogP contribution in [0, 0.1) is 3.20 Å². The summed E-state index contributed by atoms with van der Waals surface area (Å²) in [5, 5.41) is 5.61. The predicted octanol–water partition coefficient (Wildman–Crippen LogP) is 2.30. The molecule has 0 bridgehead atoms. The van der Waals surface area contributed by atoms with E-state index < -0.39 is 18.2 Å². The van der Waals surface area contributed by atoms with Gasteiger partial charge in [-0.2, -0.15) is 0 Å². The van der Waals surface area contributed by atoms with Crippen LogP contribution >= 0.6 is 8.96 Å². The van der Waals surface area contributed by atoms with Gasteiger partial charge in [0.05, 0.1) is 0 Å². The van der Waals surface area contributed by atoms with Gasteiger partial charge in [0, 0.05) is 0 Å². The van der Waals surface area contributed by atoms with Crippen molar-refractivity contribution in [1.82, 2.24) is 0 Å². The molecule has 2 aromatic carbocycles. The van der Waals surface area contributed by atoms with Crippen LogP contribution in [0.1, 0.15) is 0 Å². The fourth-order valence-corrected chi connectivity index (χ4v) is 6.44. The maximum atomic E-state index is 6.55. The molecule has 0 atom stereocenters. The van der Waals surface area contributed by atoms with Crippen LogP contribution in [0.5, 0.6) is 0 Å². The van der Waals surface area contributed by atoms with E-state index >= 15 is 0 Å². The molecule has 4 heteroatoms. The maximum absolute atomic E-state index is 6.55. The summed E-state index contributed by atoms with van der Waals surface area (Å²) in [4.78, 5) is 0. The summed E-state index contributed by atoms with van der Waals surface area (Å²) in [6.07, 6.45) is 0. The number of fused-ring (bicyclic) bond motifs is 1. The van der Waals surface area contributed by atoms with Gasteiger partial charge in [-0.1, -0.05) is 0 Å². The Morgan fingerprint density at radius 2 is 1.62 bits per heavy atom. The van der Waals surface area contributed by atoms with Gasteiger partial charge in [-0.25, -0.2) is 0 Å². The number of nitrogens with zero attached hydrogens (tertiary/aromatic N) is 2. The summed E-state index contributed by atoms with van der Waals surface area (Å²) in [6.45, 7) is 0. The van der Waals surface area contributed by atoms with E-state index in [1.807, 2.05) is 51.8 Å². The van der Waals surface area contributed by atoms with E-state index in [1.165, 1.54) is 3.20 Å². The first-order valence-corrected chi connectivity index (χ1v) is 10.1. The van der Waals surface area contributed by atoms with Crippen LogP contribution in [0.2, 0.25) is 0 Å². The average Bonchev–Trinajstić information content (AvgIpc) is 2.69. The van der Waals surface area contributed by atoms with Crippen LogP contribution in [0.15, 0.2) is 59.7 Å². The zero-order valence-electron chi connectivity index (χ0n) is 8.38. The molecule has 80 valence electrons. The van der Waals surface area contributed by atoms with Gasteiger partial charge in [0.2, 0.25) is 0 Å². The third kappa shape index (κ3) is 1.66. The topological polar surface area (TPSA) is 15.6 Å². The molecule has 16 heavy (non-hydrogen) atoms. The van der Waals surface area contributed by atoms with Gasteiger partial charge in [0.15, 0.2) is 0 Å². The molecule has 0 aromatic heterocycles.